The van der Waals surface area contributed by atoms with Crippen molar-refractivity contribution in [3.05, 3.63) is 76.4 Å². The molecule has 1 unspecified atom stereocenters. The summed E-state index contributed by atoms with van der Waals surface area (Å²) in [5, 5.41) is 8.07. The van der Waals surface area contributed by atoms with Gasteiger partial charge in [0.25, 0.3) is 5.91 Å². The van der Waals surface area contributed by atoms with E-state index in [2.05, 4.69) is 10.4 Å². The molecule has 0 aliphatic carbocycles. The van der Waals surface area contributed by atoms with E-state index < -0.39 is 0 Å². The minimum Gasteiger partial charge on any atom is -0.349 e. The molecule has 1 amide bonds. The molecule has 2 aromatic carbocycles. The summed E-state index contributed by atoms with van der Waals surface area (Å²) in [6.45, 7) is 2.48. The van der Waals surface area contributed by atoms with Gasteiger partial charge in [0, 0.05) is 18.6 Å². The van der Waals surface area contributed by atoms with Crippen LogP contribution in [-0.2, 0) is 7.05 Å². The monoisotopic (exact) mass is 396 g/mol. The van der Waals surface area contributed by atoms with Crippen molar-refractivity contribution in [1.29, 1.82) is 0 Å². The second-order valence-electron chi connectivity index (χ2n) is 7.12. The standard InChI is InChI=1S/C22H25ClN4O/c1-15-9-11-16(12-10-15)20-13-19(25-27(20)4)22(28)24-14-21(26(2)3)17-7-5-6-8-18(17)23/h5-13,21H,14H2,1-4H3,(H,24,28). The number of amides is 1. The topological polar surface area (TPSA) is 50.2 Å². The van der Waals surface area contributed by atoms with Crippen LogP contribution >= 0.6 is 11.6 Å². The summed E-state index contributed by atoms with van der Waals surface area (Å²) in [5.74, 6) is -0.201. The van der Waals surface area contributed by atoms with Crippen molar-refractivity contribution in [2.24, 2.45) is 7.05 Å². The average molecular weight is 397 g/mol. The summed E-state index contributed by atoms with van der Waals surface area (Å²) in [6, 6.07) is 17.7. The molecule has 0 saturated carbocycles. The Balaban J connectivity index is 1.75. The molecular weight excluding hydrogens is 372 g/mol. The van der Waals surface area contributed by atoms with Crippen LogP contribution in [0.5, 0.6) is 0 Å². The first-order chi connectivity index (χ1) is 13.4. The molecule has 0 spiro atoms. The molecule has 6 heteroatoms. The lowest BCUT2D eigenvalue weighted by atomic mass is 10.1. The fourth-order valence-corrected chi connectivity index (χ4v) is 3.43. The Morgan fingerprint density at radius 1 is 1.18 bits per heavy atom. The molecule has 3 aromatic rings. The first-order valence-electron chi connectivity index (χ1n) is 9.17. The number of likely N-dealkylation sites (N-methyl/N-ethyl adjacent to an activating group) is 1. The van der Waals surface area contributed by atoms with Crippen LogP contribution in [0.25, 0.3) is 11.3 Å². The van der Waals surface area contributed by atoms with Crippen LogP contribution in [0.2, 0.25) is 5.02 Å². The first kappa shape index (κ1) is 20.1. The minimum atomic E-state index is -0.201. The number of aryl methyl sites for hydroxylation is 2. The number of nitrogens with zero attached hydrogens (tertiary/aromatic N) is 3. The molecule has 0 saturated heterocycles. The van der Waals surface area contributed by atoms with E-state index in [9.17, 15) is 4.79 Å². The summed E-state index contributed by atoms with van der Waals surface area (Å²) in [4.78, 5) is 14.7. The maximum atomic E-state index is 12.7. The third-order valence-corrected chi connectivity index (χ3v) is 5.15. The van der Waals surface area contributed by atoms with E-state index in [-0.39, 0.29) is 11.9 Å². The first-order valence-corrected chi connectivity index (χ1v) is 9.54. The second kappa shape index (κ2) is 8.59. The smallest absolute Gasteiger partial charge is 0.271 e. The average Bonchev–Trinajstić information content (AvgIpc) is 3.05. The van der Waals surface area contributed by atoms with Gasteiger partial charge in [0.1, 0.15) is 0 Å². The van der Waals surface area contributed by atoms with Crippen LogP contribution < -0.4 is 5.32 Å². The van der Waals surface area contributed by atoms with Gasteiger partial charge in [0.2, 0.25) is 0 Å². The molecule has 0 fully saturated rings. The number of hydrogen-bond donors (Lipinski definition) is 1. The zero-order chi connectivity index (χ0) is 20.3. The third-order valence-electron chi connectivity index (χ3n) is 4.80. The molecule has 1 N–H and O–H groups in total. The molecule has 28 heavy (non-hydrogen) atoms. The number of halogens is 1. The Bertz CT molecular complexity index is 963. The minimum absolute atomic E-state index is 0.0297. The molecule has 3 rings (SSSR count). The third kappa shape index (κ3) is 4.43. The van der Waals surface area contributed by atoms with E-state index in [1.54, 1.807) is 4.68 Å². The number of hydrogen-bond acceptors (Lipinski definition) is 3. The lowest BCUT2D eigenvalue weighted by Crippen LogP contribution is -2.34. The number of carbonyl (C=O) groups is 1. The van der Waals surface area contributed by atoms with E-state index in [1.165, 1.54) is 5.56 Å². The zero-order valence-electron chi connectivity index (χ0n) is 16.6. The Labute approximate surface area is 170 Å². The van der Waals surface area contributed by atoms with Gasteiger partial charge < -0.3 is 10.2 Å². The summed E-state index contributed by atoms with van der Waals surface area (Å²) in [6.07, 6.45) is 0. The van der Waals surface area contributed by atoms with Gasteiger partial charge in [-0.05, 0) is 44.3 Å². The number of carbonyl (C=O) groups excluding carboxylic acids is 1. The maximum Gasteiger partial charge on any atom is 0.271 e. The van der Waals surface area contributed by atoms with Crippen LogP contribution in [-0.4, -0.2) is 41.2 Å². The molecule has 0 aliphatic rings. The van der Waals surface area contributed by atoms with E-state index >= 15 is 0 Å². The van der Waals surface area contributed by atoms with Crippen molar-refractivity contribution in [2.45, 2.75) is 13.0 Å². The van der Waals surface area contributed by atoms with E-state index in [0.29, 0.717) is 17.3 Å². The number of aromatic nitrogens is 2. The fourth-order valence-electron chi connectivity index (χ4n) is 3.17. The highest BCUT2D eigenvalue weighted by atomic mass is 35.5. The molecule has 1 heterocycles. The maximum absolute atomic E-state index is 12.7. The molecule has 1 atom stereocenters. The van der Waals surface area contributed by atoms with E-state index in [1.807, 2.05) is 87.6 Å². The number of rotatable bonds is 6. The fraction of sp³-hybridized carbons (Fsp3) is 0.273. The van der Waals surface area contributed by atoms with Crippen molar-refractivity contribution in [1.82, 2.24) is 20.0 Å². The van der Waals surface area contributed by atoms with Crippen molar-refractivity contribution in [3.8, 4) is 11.3 Å². The largest absolute Gasteiger partial charge is 0.349 e. The van der Waals surface area contributed by atoms with Crippen molar-refractivity contribution in [3.63, 3.8) is 0 Å². The van der Waals surface area contributed by atoms with Gasteiger partial charge in [-0.1, -0.05) is 59.6 Å². The van der Waals surface area contributed by atoms with Gasteiger partial charge in [-0.25, -0.2) is 0 Å². The van der Waals surface area contributed by atoms with Gasteiger partial charge in [-0.15, -0.1) is 0 Å². The van der Waals surface area contributed by atoms with E-state index in [4.69, 9.17) is 11.6 Å². The summed E-state index contributed by atoms with van der Waals surface area (Å²) >= 11 is 6.34. The van der Waals surface area contributed by atoms with Gasteiger partial charge in [0.15, 0.2) is 5.69 Å². The van der Waals surface area contributed by atoms with Crippen LogP contribution in [0, 0.1) is 6.92 Å². The van der Waals surface area contributed by atoms with Crippen molar-refractivity contribution in [2.75, 3.05) is 20.6 Å². The predicted molar refractivity (Wildman–Crippen MR) is 114 cm³/mol. The van der Waals surface area contributed by atoms with Crippen molar-refractivity contribution < 1.29 is 4.79 Å². The highest BCUT2D eigenvalue weighted by Crippen LogP contribution is 2.25. The van der Waals surface area contributed by atoms with Gasteiger partial charge in [-0.3, -0.25) is 9.48 Å². The van der Waals surface area contributed by atoms with Gasteiger partial charge in [-0.2, -0.15) is 5.10 Å². The molecule has 0 bridgehead atoms. The van der Waals surface area contributed by atoms with Crippen LogP contribution in [0.4, 0.5) is 0 Å². The molecule has 1 aromatic heterocycles. The number of benzene rings is 2. The van der Waals surface area contributed by atoms with Crippen LogP contribution in [0.15, 0.2) is 54.6 Å². The molecule has 0 radical (unpaired) electrons. The van der Waals surface area contributed by atoms with Crippen LogP contribution in [0.1, 0.15) is 27.7 Å². The summed E-state index contributed by atoms with van der Waals surface area (Å²) in [5.41, 5.74) is 4.51. The summed E-state index contributed by atoms with van der Waals surface area (Å²) in [7, 11) is 5.78. The van der Waals surface area contributed by atoms with E-state index in [0.717, 1.165) is 16.8 Å². The highest BCUT2D eigenvalue weighted by Gasteiger charge is 2.20. The zero-order valence-corrected chi connectivity index (χ0v) is 17.4. The lowest BCUT2D eigenvalue weighted by Gasteiger charge is -2.25. The Morgan fingerprint density at radius 2 is 1.86 bits per heavy atom. The highest BCUT2D eigenvalue weighted by molar-refractivity contribution is 6.31. The Morgan fingerprint density at radius 3 is 2.50 bits per heavy atom. The molecule has 5 nitrogen and oxygen atoms in total. The van der Waals surface area contributed by atoms with Crippen molar-refractivity contribution >= 4 is 17.5 Å². The molecule has 0 aliphatic heterocycles. The van der Waals surface area contributed by atoms with Crippen LogP contribution in [0.3, 0.4) is 0 Å². The van der Waals surface area contributed by atoms with Gasteiger partial charge in [0.05, 0.1) is 11.7 Å². The number of nitrogens with one attached hydrogen (secondary N) is 1. The molecular formula is C22H25ClN4O. The lowest BCUT2D eigenvalue weighted by molar-refractivity contribution is 0.0936. The van der Waals surface area contributed by atoms with Gasteiger partial charge >= 0.3 is 0 Å². The SMILES string of the molecule is Cc1ccc(-c2cc(C(=O)NCC(c3ccccc3Cl)N(C)C)nn2C)cc1. The Hall–Kier alpha value is -2.63. The second-order valence-corrected chi connectivity index (χ2v) is 7.52. The Kier molecular flexibility index (Phi) is 6.17. The summed E-state index contributed by atoms with van der Waals surface area (Å²) < 4.78 is 1.73. The predicted octanol–water partition coefficient (Wildman–Crippen LogP) is 4.08. The molecule has 146 valence electrons. The quantitative estimate of drug-likeness (QED) is 0.683. The normalized spacial score (nSPS) is 12.2.